The fraction of sp³-hybridized carbons (Fsp3) is 0.333. The molecule has 0 saturated carbocycles. The lowest BCUT2D eigenvalue weighted by Gasteiger charge is -2.09. The molecule has 6 heteroatoms. The molecule has 0 bridgehead atoms. The SMILES string of the molecule is COC(Cc1noc(-c2ccc(F)cc2)n1)OC. The van der Waals surface area contributed by atoms with Gasteiger partial charge in [0.25, 0.3) is 5.89 Å². The predicted molar refractivity (Wildman–Crippen MR) is 61.2 cm³/mol. The number of benzene rings is 1. The fourth-order valence-corrected chi connectivity index (χ4v) is 1.46. The molecule has 5 nitrogen and oxygen atoms in total. The van der Waals surface area contributed by atoms with E-state index in [1.54, 1.807) is 12.1 Å². The lowest BCUT2D eigenvalue weighted by atomic mass is 10.2. The molecule has 0 aliphatic heterocycles. The van der Waals surface area contributed by atoms with Gasteiger partial charge in [-0.05, 0) is 24.3 Å². The van der Waals surface area contributed by atoms with Crippen molar-refractivity contribution in [2.45, 2.75) is 12.7 Å². The average molecular weight is 252 g/mol. The van der Waals surface area contributed by atoms with Crippen LogP contribution < -0.4 is 0 Å². The molecule has 0 saturated heterocycles. The van der Waals surface area contributed by atoms with Crippen LogP contribution in [-0.2, 0) is 15.9 Å². The Hall–Kier alpha value is -1.79. The van der Waals surface area contributed by atoms with Crippen molar-refractivity contribution < 1.29 is 18.4 Å². The highest BCUT2D eigenvalue weighted by Gasteiger charge is 2.13. The molecule has 0 amide bonds. The summed E-state index contributed by atoms with van der Waals surface area (Å²) < 4.78 is 27.9. The molecule has 0 N–H and O–H groups in total. The highest BCUT2D eigenvalue weighted by molar-refractivity contribution is 5.52. The molecule has 1 aromatic heterocycles. The maximum atomic E-state index is 12.8. The second-order valence-electron chi connectivity index (χ2n) is 3.63. The van der Waals surface area contributed by atoms with Crippen molar-refractivity contribution in [2.24, 2.45) is 0 Å². The number of hydrogen-bond acceptors (Lipinski definition) is 5. The van der Waals surface area contributed by atoms with E-state index < -0.39 is 6.29 Å². The number of nitrogens with zero attached hydrogens (tertiary/aromatic N) is 2. The second kappa shape index (κ2) is 5.70. The van der Waals surface area contributed by atoms with Crippen molar-refractivity contribution in [2.75, 3.05) is 14.2 Å². The van der Waals surface area contributed by atoms with Crippen molar-refractivity contribution in [3.05, 3.63) is 35.9 Å². The van der Waals surface area contributed by atoms with Crippen LogP contribution in [0.2, 0.25) is 0 Å². The van der Waals surface area contributed by atoms with Crippen molar-refractivity contribution in [1.29, 1.82) is 0 Å². The summed E-state index contributed by atoms with van der Waals surface area (Å²) in [5.74, 6) is 0.510. The van der Waals surface area contributed by atoms with E-state index in [-0.39, 0.29) is 5.82 Å². The zero-order valence-electron chi connectivity index (χ0n) is 10.1. The van der Waals surface area contributed by atoms with Crippen LogP contribution in [0.3, 0.4) is 0 Å². The molecule has 0 atom stereocenters. The van der Waals surface area contributed by atoms with Crippen LogP contribution in [0.4, 0.5) is 4.39 Å². The van der Waals surface area contributed by atoms with Crippen LogP contribution in [0.1, 0.15) is 5.82 Å². The number of rotatable bonds is 5. The Kier molecular flexibility index (Phi) is 4.01. The average Bonchev–Trinajstić information content (AvgIpc) is 2.85. The predicted octanol–water partition coefficient (Wildman–Crippen LogP) is 2.04. The molecule has 1 heterocycles. The molecule has 96 valence electrons. The van der Waals surface area contributed by atoms with Crippen molar-refractivity contribution in [3.63, 3.8) is 0 Å². The first kappa shape index (κ1) is 12.7. The minimum atomic E-state index is -0.413. The number of aromatic nitrogens is 2. The van der Waals surface area contributed by atoms with Crippen LogP contribution in [0.5, 0.6) is 0 Å². The van der Waals surface area contributed by atoms with Crippen LogP contribution in [0.25, 0.3) is 11.5 Å². The van der Waals surface area contributed by atoms with E-state index in [1.165, 1.54) is 26.4 Å². The molecule has 0 aliphatic carbocycles. The molecule has 0 radical (unpaired) electrons. The molecule has 2 aromatic rings. The summed E-state index contributed by atoms with van der Waals surface area (Å²) >= 11 is 0. The summed E-state index contributed by atoms with van der Waals surface area (Å²) in [6.07, 6.45) is -0.0267. The molecule has 0 fully saturated rings. The Morgan fingerprint density at radius 1 is 1.22 bits per heavy atom. The Morgan fingerprint density at radius 3 is 2.50 bits per heavy atom. The summed E-state index contributed by atoms with van der Waals surface area (Å²) in [7, 11) is 3.07. The maximum absolute atomic E-state index is 12.8. The largest absolute Gasteiger partial charge is 0.355 e. The Morgan fingerprint density at radius 2 is 1.89 bits per heavy atom. The first-order chi connectivity index (χ1) is 8.72. The number of halogens is 1. The molecule has 0 unspecified atom stereocenters. The van der Waals surface area contributed by atoms with E-state index in [0.29, 0.717) is 23.7 Å². The van der Waals surface area contributed by atoms with Crippen molar-refractivity contribution in [3.8, 4) is 11.5 Å². The van der Waals surface area contributed by atoms with Gasteiger partial charge in [0, 0.05) is 19.8 Å². The molecule has 2 rings (SSSR count). The lowest BCUT2D eigenvalue weighted by Crippen LogP contribution is -2.16. The quantitative estimate of drug-likeness (QED) is 0.762. The molecule has 0 spiro atoms. The monoisotopic (exact) mass is 252 g/mol. The number of methoxy groups -OCH3 is 2. The third kappa shape index (κ3) is 2.91. The number of hydrogen-bond donors (Lipinski definition) is 0. The van der Waals surface area contributed by atoms with E-state index in [9.17, 15) is 4.39 Å². The second-order valence-corrected chi connectivity index (χ2v) is 3.63. The van der Waals surface area contributed by atoms with E-state index >= 15 is 0 Å². The molecule has 18 heavy (non-hydrogen) atoms. The van der Waals surface area contributed by atoms with Gasteiger partial charge in [-0.2, -0.15) is 4.98 Å². The smallest absolute Gasteiger partial charge is 0.257 e. The Bertz CT molecular complexity index is 494. The Labute approximate surface area is 104 Å². The van der Waals surface area contributed by atoms with Gasteiger partial charge in [0.2, 0.25) is 0 Å². The third-order valence-electron chi connectivity index (χ3n) is 2.43. The fourth-order valence-electron chi connectivity index (χ4n) is 1.46. The Balaban J connectivity index is 2.12. The summed E-state index contributed by atoms with van der Waals surface area (Å²) in [5.41, 5.74) is 0.668. The maximum Gasteiger partial charge on any atom is 0.257 e. The van der Waals surface area contributed by atoms with Gasteiger partial charge in [-0.3, -0.25) is 0 Å². The van der Waals surface area contributed by atoms with Gasteiger partial charge >= 0.3 is 0 Å². The molecular formula is C12H13FN2O3. The molecular weight excluding hydrogens is 239 g/mol. The van der Waals surface area contributed by atoms with Gasteiger partial charge in [0.15, 0.2) is 12.1 Å². The minimum absolute atomic E-state index is 0.308. The molecule has 1 aromatic carbocycles. The first-order valence-electron chi connectivity index (χ1n) is 5.37. The summed E-state index contributed by atoms with van der Waals surface area (Å²) in [4.78, 5) is 4.19. The normalized spacial score (nSPS) is 11.1. The van der Waals surface area contributed by atoms with Crippen molar-refractivity contribution in [1.82, 2.24) is 10.1 Å². The summed E-state index contributed by atoms with van der Waals surface area (Å²) in [5, 5.41) is 3.81. The van der Waals surface area contributed by atoms with E-state index in [0.717, 1.165) is 0 Å². The third-order valence-corrected chi connectivity index (χ3v) is 2.43. The van der Waals surface area contributed by atoms with Gasteiger partial charge in [0.1, 0.15) is 5.82 Å². The van der Waals surface area contributed by atoms with Gasteiger partial charge < -0.3 is 14.0 Å². The highest BCUT2D eigenvalue weighted by Crippen LogP contribution is 2.17. The minimum Gasteiger partial charge on any atom is -0.355 e. The van der Waals surface area contributed by atoms with Crippen LogP contribution in [0, 0.1) is 5.82 Å². The summed E-state index contributed by atoms with van der Waals surface area (Å²) in [6, 6.07) is 5.84. The molecule has 0 aliphatic rings. The van der Waals surface area contributed by atoms with E-state index in [2.05, 4.69) is 10.1 Å². The van der Waals surface area contributed by atoms with Crippen molar-refractivity contribution >= 4 is 0 Å². The van der Waals surface area contributed by atoms with Crippen LogP contribution in [-0.4, -0.2) is 30.7 Å². The highest BCUT2D eigenvalue weighted by atomic mass is 19.1. The van der Waals surface area contributed by atoms with Crippen LogP contribution >= 0.6 is 0 Å². The topological polar surface area (TPSA) is 57.4 Å². The van der Waals surface area contributed by atoms with E-state index in [4.69, 9.17) is 14.0 Å². The summed E-state index contributed by atoms with van der Waals surface area (Å²) in [6.45, 7) is 0. The van der Waals surface area contributed by atoms with Gasteiger partial charge in [-0.1, -0.05) is 5.16 Å². The van der Waals surface area contributed by atoms with Crippen LogP contribution in [0.15, 0.2) is 28.8 Å². The van der Waals surface area contributed by atoms with Gasteiger partial charge in [-0.25, -0.2) is 4.39 Å². The van der Waals surface area contributed by atoms with E-state index in [1.807, 2.05) is 0 Å². The van der Waals surface area contributed by atoms with Gasteiger partial charge in [-0.15, -0.1) is 0 Å². The van der Waals surface area contributed by atoms with Gasteiger partial charge in [0.05, 0.1) is 6.42 Å². The lowest BCUT2D eigenvalue weighted by molar-refractivity contribution is -0.101. The zero-order chi connectivity index (χ0) is 13.0. The number of ether oxygens (including phenoxy) is 2. The zero-order valence-corrected chi connectivity index (χ0v) is 10.1. The standard InChI is InChI=1S/C12H13FN2O3/c1-16-11(17-2)7-10-14-12(18-15-10)8-3-5-9(13)6-4-8/h3-6,11H,7H2,1-2H3. The first-order valence-corrected chi connectivity index (χ1v) is 5.37.